The first-order valence-corrected chi connectivity index (χ1v) is 4.57. The van der Waals surface area contributed by atoms with Crippen LogP contribution in [-0.4, -0.2) is 22.9 Å². The predicted octanol–water partition coefficient (Wildman–Crippen LogP) is 2.39. The Morgan fingerprint density at radius 1 is 1.33 bits per heavy atom. The molecule has 0 saturated carbocycles. The fraction of sp³-hybridized carbons (Fsp3) is 0.429. The van der Waals surface area contributed by atoms with Crippen molar-refractivity contribution in [3.8, 4) is 0 Å². The van der Waals surface area contributed by atoms with E-state index in [9.17, 15) is 13.2 Å². The van der Waals surface area contributed by atoms with Gasteiger partial charge in [-0.15, -0.1) is 10.2 Å². The number of nitrogens with zero attached hydrogens (tertiary/aromatic N) is 2. The molecule has 0 aliphatic heterocycles. The average molecular weight is 260 g/mol. The van der Waals surface area contributed by atoms with E-state index >= 15 is 0 Å². The van der Waals surface area contributed by atoms with Crippen LogP contribution in [0.4, 0.5) is 13.2 Å². The van der Waals surface area contributed by atoms with Gasteiger partial charge in [0.25, 0.3) is 0 Å². The summed E-state index contributed by atoms with van der Waals surface area (Å²) in [5, 5.41) is 6.11. The van der Waals surface area contributed by atoms with Gasteiger partial charge < -0.3 is 5.73 Å². The summed E-state index contributed by atoms with van der Waals surface area (Å²) in [5.41, 5.74) is 4.78. The molecule has 84 valence electrons. The molecule has 0 amide bonds. The predicted molar refractivity (Wildman–Crippen MR) is 49.9 cm³/mol. The van der Waals surface area contributed by atoms with Crippen molar-refractivity contribution in [2.24, 2.45) is 5.73 Å². The molecule has 0 spiro atoms. The molecule has 0 aromatic carbocycles. The molecule has 0 aliphatic carbocycles. The van der Waals surface area contributed by atoms with E-state index in [0.29, 0.717) is 0 Å². The summed E-state index contributed by atoms with van der Waals surface area (Å²) < 4.78 is 37.5. The molecule has 1 aromatic heterocycles. The molecule has 3 nitrogen and oxygen atoms in total. The maximum Gasteiger partial charge on any atom is 0.397 e. The summed E-state index contributed by atoms with van der Waals surface area (Å²) in [5.74, 6) is -1.88. The first-order chi connectivity index (χ1) is 6.86. The Bertz CT molecular complexity index is 356. The summed E-state index contributed by atoms with van der Waals surface area (Å²) in [4.78, 5) is 0. The number of alkyl halides is 3. The topological polar surface area (TPSA) is 51.8 Å². The Labute approximate surface area is 93.4 Å². The van der Waals surface area contributed by atoms with Gasteiger partial charge in [-0.3, -0.25) is 0 Å². The standard InChI is InChI=1S/C7H6Cl2F3N3/c8-5-1-3(6(9)15-14-5)4(2-13)7(10,11)12/h1,4H,2,13H2. The SMILES string of the molecule is NCC(c1cc(Cl)nnc1Cl)C(F)(F)F. The highest BCUT2D eigenvalue weighted by atomic mass is 35.5. The largest absolute Gasteiger partial charge is 0.397 e. The molecule has 1 rings (SSSR count). The minimum Gasteiger partial charge on any atom is -0.330 e. The number of hydrogen-bond acceptors (Lipinski definition) is 3. The quantitative estimate of drug-likeness (QED) is 0.888. The van der Waals surface area contributed by atoms with Crippen molar-refractivity contribution in [1.29, 1.82) is 0 Å². The van der Waals surface area contributed by atoms with E-state index in [1.807, 2.05) is 0 Å². The fourth-order valence-corrected chi connectivity index (χ4v) is 1.43. The van der Waals surface area contributed by atoms with Crippen LogP contribution < -0.4 is 5.73 Å². The second kappa shape index (κ2) is 4.51. The van der Waals surface area contributed by atoms with Gasteiger partial charge in [0.2, 0.25) is 0 Å². The number of halogens is 5. The van der Waals surface area contributed by atoms with Crippen LogP contribution in [0, 0.1) is 0 Å². The summed E-state index contributed by atoms with van der Waals surface area (Å²) in [6.07, 6.45) is -4.48. The Kier molecular flexibility index (Phi) is 3.75. The van der Waals surface area contributed by atoms with E-state index in [0.717, 1.165) is 6.07 Å². The third kappa shape index (κ3) is 2.93. The zero-order chi connectivity index (χ0) is 11.6. The van der Waals surface area contributed by atoms with E-state index in [1.165, 1.54) is 0 Å². The summed E-state index contributed by atoms with van der Waals surface area (Å²) in [7, 11) is 0. The van der Waals surface area contributed by atoms with Gasteiger partial charge in [-0.25, -0.2) is 0 Å². The lowest BCUT2D eigenvalue weighted by molar-refractivity contribution is -0.148. The van der Waals surface area contributed by atoms with E-state index in [1.54, 1.807) is 0 Å². The highest BCUT2D eigenvalue weighted by molar-refractivity contribution is 6.31. The van der Waals surface area contributed by atoms with Gasteiger partial charge in [-0.2, -0.15) is 13.2 Å². The van der Waals surface area contributed by atoms with Gasteiger partial charge in [0.15, 0.2) is 10.3 Å². The lowest BCUT2D eigenvalue weighted by Crippen LogP contribution is -2.28. The molecule has 8 heteroatoms. The lowest BCUT2D eigenvalue weighted by atomic mass is 10.0. The highest BCUT2D eigenvalue weighted by Gasteiger charge is 2.41. The lowest BCUT2D eigenvalue weighted by Gasteiger charge is -2.19. The van der Waals surface area contributed by atoms with Crippen molar-refractivity contribution in [3.05, 3.63) is 21.9 Å². The third-order valence-electron chi connectivity index (χ3n) is 1.75. The first-order valence-electron chi connectivity index (χ1n) is 3.81. The zero-order valence-electron chi connectivity index (χ0n) is 7.22. The molecule has 1 atom stereocenters. The van der Waals surface area contributed by atoms with Gasteiger partial charge in [0.05, 0.1) is 5.92 Å². The molecule has 0 aliphatic rings. The van der Waals surface area contributed by atoms with E-state index in [-0.39, 0.29) is 15.9 Å². The Morgan fingerprint density at radius 2 is 1.93 bits per heavy atom. The van der Waals surface area contributed by atoms with Crippen molar-refractivity contribution >= 4 is 23.2 Å². The summed E-state index contributed by atoms with van der Waals surface area (Å²) in [6, 6.07) is 1.02. The van der Waals surface area contributed by atoms with Crippen molar-refractivity contribution in [2.45, 2.75) is 12.1 Å². The van der Waals surface area contributed by atoms with Crippen LogP contribution in [-0.2, 0) is 0 Å². The zero-order valence-corrected chi connectivity index (χ0v) is 8.74. The van der Waals surface area contributed by atoms with Crippen LogP contribution in [0.3, 0.4) is 0 Å². The number of hydrogen-bond donors (Lipinski definition) is 1. The molecule has 1 unspecified atom stereocenters. The van der Waals surface area contributed by atoms with Gasteiger partial charge in [-0.1, -0.05) is 23.2 Å². The van der Waals surface area contributed by atoms with Crippen LogP contribution in [0.25, 0.3) is 0 Å². The summed E-state index contributed by atoms with van der Waals surface area (Å²) in [6.45, 7) is -0.620. The number of aromatic nitrogens is 2. The third-order valence-corrected chi connectivity index (χ3v) is 2.23. The van der Waals surface area contributed by atoms with Gasteiger partial charge in [-0.05, 0) is 6.07 Å². The van der Waals surface area contributed by atoms with E-state index in [2.05, 4.69) is 10.2 Å². The molecule has 1 heterocycles. The van der Waals surface area contributed by atoms with Gasteiger partial charge in [0, 0.05) is 12.1 Å². The monoisotopic (exact) mass is 259 g/mol. The molecule has 0 fully saturated rings. The van der Waals surface area contributed by atoms with Crippen LogP contribution in [0.5, 0.6) is 0 Å². The first kappa shape index (κ1) is 12.5. The minimum atomic E-state index is -4.48. The van der Waals surface area contributed by atoms with Crippen molar-refractivity contribution in [3.63, 3.8) is 0 Å². The van der Waals surface area contributed by atoms with Crippen LogP contribution >= 0.6 is 23.2 Å². The second-order valence-corrected chi connectivity index (χ2v) is 3.49. The molecule has 15 heavy (non-hydrogen) atoms. The Morgan fingerprint density at radius 3 is 2.40 bits per heavy atom. The van der Waals surface area contributed by atoms with E-state index in [4.69, 9.17) is 28.9 Å². The second-order valence-electron chi connectivity index (χ2n) is 2.74. The van der Waals surface area contributed by atoms with Crippen LogP contribution in [0.1, 0.15) is 11.5 Å². The van der Waals surface area contributed by atoms with Crippen molar-refractivity contribution < 1.29 is 13.2 Å². The Balaban J connectivity index is 3.18. The Hall–Kier alpha value is -0.590. The molecule has 1 aromatic rings. The molecule has 2 N–H and O–H groups in total. The molecular weight excluding hydrogens is 254 g/mol. The molecule has 0 radical (unpaired) electrons. The van der Waals surface area contributed by atoms with Gasteiger partial charge in [0.1, 0.15) is 0 Å². The number of rotatable bonds is 2. The highest BCUT2D eigenvalue weighted by Crippen LogP contribution is 2.36. The molecular formula is C7H6Cl2F3N3. The smallest absolute Gasteiger partial charge is 0.330 e. The van der Waals surface area contributed by atoms with Gasteiger partial charge >= 0.3 is 6.18 Å². The maximum atomic E-state index is 12.5. The van der Waals surface area contributed by atoms with Crippen molar-refractivity contribution in [2.75, 3.05) is 6.54 Å². The van der Waals surface area contributed by atoms with Crippen LogP contribution in [0.15, 0.2) is 6.07 Å². The minimum absolute atomic E-state index is 0.155. The van der Waals surface area contributed by atoms with Crippen LogP contribution in [0.2, 0.25) is 10.3 Å². The van der Waals surface area contributed by atoms with Crippen molar-refractivity contribution in [1.82, 2.24) is 10.2 Å². The normalized spacial score (nSPS) is 14.0. The average Bonchev–Trinajstić information content (AvgIpc) is 2.10. The molecule has 0 bridgehead atoms. The summed E-state index contributed by atoms with van der Waals surface area (Å²) >= 11 is 10.9. The molecule has 0 saturated heterocycles. The van der Waals surface area contributed by atoms with E-state index < -0.39 is 18.6 Å². The fourth-order valence-electron chi connectivity index (χ4n) is 1.05. The maximum absolute atomic E-state index is 12.5. The number of nitrogens with two attached hydrogens (primary N) is 1.